The molecule has 2 aromatic carbocycles. The Balaban J connectivity index is 1.22. The molecule has 2 aromatic heterocycles. The molecule has 0 unspecified atom stereocenters. The minimum absolute atomic E-state index is 0.0135. The zero-order valence-corrected chi connectivity index (χ0v) is 21.3. The Morgan fingerprint density at radius 1 is 1.10 bits per heavy atom. The monoisotopic (exact) mass is 574 g/mol. The van der Waals surface area contributed by atoms with Gasteiger partial charge in [0.2, 0.25) is 0 Å². The predicted octanol–water partition coefficient (Wildman–Crippen LogP) is 1.20. The number of aliphatic hydroxyl groups excluding tert-OH is 1. The van der Waals surface area contributed by atoms with Crippen molar-refractivity contribution < 1.29 is 30.7 Å². The summed E-state index contributed by atoms with van der Waals surface area (Å²) in [6.07, 6.45) is 2.97. The van der Waals surface area contributed by atoms with Gasteiger partial charge in [-0.15, -0.1) is 0 Å². The fraction of sp³-hybridized carbons (Fsp3) is 0.333. The van der Waals surface area contributed by atoms with Crippen LogP contribution in [-0.2, 0) is 18.8 Å². The molecule has 0 saturated carbocycles. The molecule has 2 N–H and O–H groups in total. The highest BCUT2D eigenvalue weighted by atomic mass is 32.3. The lowest BCUT2D eigenvalue weighted by molar-refractivity contribution is -0.226. The van der Waals surface area contributed by atoms with Crippen molar-refractivity contribution in [3.8, 4) is 0 Å². The van der Waals surface area contributed by atoms with Crippen molar-refractivity contribution >= 4 is 38.9 Å². The van der Waals surface area contributed by atoms with Gasteiger partial charge in [0.15, 0.2) is 5.65 Å². The van der Waals surface area contributed by atoms with Crippen molar-refractivity contribution in [3.05, 3.63) is 74.3 Å². The number of anilines is 4. The number of rotatable bonds is 5. The maximum Gasteiger partial charge on any atom is 0.408 e. The molecule has 0 aliphatic carbocycles. The van der Waals surface area contributed by atoms with Gasteiger partial charge in [-0.1, -0.05) is 0 Å². The first-order valence-corrected chi connectivity index (χ1v) is 13.7. The summed E-state index contributed by atoms with van der Waals surface area (Å²) >= 11 is 0. The van der Waals surface area contributed by atoms with Gasteiger partial charge in [-0.2, -0.15) is 21.9 Å². The molecule has 1 spiro atoms. The fourth-order valence-corrected chi connectivity index (χ4v) is 6.67. The van der Waals surface area contributed by atoms with Crippen molar-refractivity contribution in [1.29, 1.82) is 0 Å². The van der Waals surface area contributed by atoms with Crippen molar-refractivity contribution in [3.63, 3.8) is 0 Å². The van der Waals surface area contributed by atoms with E-state index < -0.39 is 50.9 Å². The molecule has 3 aliphatic heterocycles. The van der Waals surface area contributed by atoms with Crippen LogP contribution in [0, 0.1) is 11.6 Å². The number of fused-ring (bicyclic) bond motifs is 1. The zero-order chi connectivity index (χ0) is 28.0. The molecule has 3 saturated heterocycles. The van der Waals surface area contributed by atoms with Gasteiger partial charge < -0.3 is 20.2 Å². The summed E-state index contributed by atoms with van der Waals surface area (Å²) in [5.74, 6) is -2.72. The Labute approximate surface area is 224 Å². The van der Waals surface area contributed by atoms with Gasteiger partial charge in [0.05, 0.1) is 12.2 Å². The molecule has 3 fully saturated rings. The third kappa shape index (κ3) is 3.56. The van der Waals surface area contributed by atoms with Crippen LogP contribution >= 0.6 is 0 Å². The number of hydrogen-bond donors (Lipinski definition) is 2. The highest BCUT2D eigenvalue weighted by Crippen LogP contribution is 2.46. The topological polar surface area (TPSA) is 156 Å². The summed E-state index contributed by atoms with van der Waals surface area (Å²) in [7, 11) is -4.34. The van der Waals surface area contributed by atoms with Crippen LogP contribution in [0.25, 0.3) is 5.65 Å². The summed E-state index contributed by atoms with van der Waals surface area (Å²) in [5, 5.41) is 17.4. The van der Waals surface area contributed by atoms with Crippen LogP contribution in [0.5, 0.6) is 0 Å². The van der Waals surface area contributed by atoms with Gasteiger partial charge in [-0.05, 0) is 43.5 Å². The predicted molar refractivity (Wildman–Crippen MR) is 135 cm³/mol. The lowest BCUT2D eigenvalue weighted by atomic mass is 10.0. The first kappa shape index (κ1) is 25.0. The Hall–Kier alpha value is -3.99. The van der Waals surface area contributed by atoms with Crippen LogP contribution in [0.4, 0.5) is 31.7 Å². The second-order valence-corrected chi connectivity index (χ2v) is 10.9. The number of nitrogens with one attached hydrogen (secondary N) is 1. The second kappa shape index (κ2) is 8.50. The summed E-state index contributed by atoms with van der Waals surface area (Å²) in [6, 6.07) is 4.58. The van der Waals surface area contributed by atoms with E-state index in [0.29, 0.717) is 18.8 Å². The van der Waals surface area contributed by atoms with Gasteiger partial charge in [0.1, 0.15) is 40.6 Å². The molecule has 0 bridgehead atoms. The highest BCUT2D eigenvalue weighted by Gasteiger charge is 2.66. The summed E-state index contributed by atoms with van der Waals surface area (Å²) in [4.78, 5) is 32.8. The molecule has 7 rings (SSSR count). The van der Waals surface area contributed by atoms with E-state index >= 15 is 0 Å². The molecule has 5 heterocycles. The van der Waals surface area contributed by atoms with E-state index in [0.717, 1.165) is 23.5 Å². The van der Waals surface area contributed by atoms with Crippen LogP contribution in [0.15, 0.2) is 46.2 Å². The van der Waals surface area contributed by atoms with E-state index in [-0.39, 0.29) is 41.2 Å². The number of halogens is 2. The van der Waals surface area contributed by atoms with E-state index in [1.807, 2.05) is 4.90 Å². The maximum atomic E-state index is 14.6. The molecule has 3 aliphatic rings. The van der Waals surface area contributed by atoms with Crippen molar-refractivity contribution in [1.82, 2.24) is 14.6 Å². The SMILES string of the molecule is O=c1c(Nc2cnn3ccc(N4CCC[C@@H]4c4cc(F)ccc4F)nc23)c(N2CC[C@H](O)C23OS(=O)(=O)O3)c1=O. The Kier molecular flexibility index (Phi) is 5.32. The molecule has 2 atom stereocenters. The molecule has 0 radical (unpaired) electrons. The fourth-order valence-electron chi connectivity index (χ4n) is 5.67. The molecule has 4 aromatic rings. The van der Waals surface area contributed by atoms with Gasteiger partial charge in [-0.3, -0.25) is 9.59 Å². The Morgan fingerprint density at radius 3 is 2.67 bits per heavy atom. The first-order chi connectivity index (χ1) is 19.1. The molecular formula is C24H20F2N6O7S. The van der Waals surface area contributed by atoms with Crippen LogP contribution in [0.2, 0.25) is 0 Å². The quantitative estimate of drug-likeness (QED) is 0.329. The molecule has 16 heteroatoms. The van der Waals surface area contributed by atoms with Crippen LogP contribution in [0.3, 0.4) is 0 Å². The maximum absolute atomic E-state index is 14.6. The third-order valence-corrected chi connectivity index (χ3v) is 8.39. The number of aliphatic hydroxyl groups is 1. The van der Waals surface area contributed by atoms with Crippen molar-refractivity contribution in [2.24, 2.45) is 0 Å². The average molecular weight is 575 g/mol. The van der Waals surface area contributed by atoms with Crippen molar-refractivity contribution in [2.45, 2.75) is 37.3 Å². The normalized spacial score (nSPS) is 23.4. The first-order valence-electron chi connectivity index (χ1n) is 12.4. The zero-order valence-electron chi connectivity index (χ0n) is 20.5. The van der Waals surface area contributed by atoms with Gasteiger partial charge in [0.25, 0.3) is 10.9 Å². The minimum atomic E-state index is -4.34. The molecule has 208 valence electrons. The average Bonchev–Trinajstić information content (AvgIpc) is 3.63. The number of hydrogen-bond acceptors (Lipinski definition) is 12. The van der Waals surface area contributed by atoms with E-state index in [2.05, 4.69) is 15.4 Å². The Bertz CT molecular complexity index is 1860. The van der Waals surface area contributed by atoms with E-state index in [9.17, 15) is 31.9 Å². The van der Waals surface area contributed by atoms with Crippen LogP contribution < -0.4 is 26.0 Å². The second-order valence-electron chi connectivity index (χ2n) is 9.80. The Morgan fingerprint density at radius 2 is 1.90 bits per heavy atom. The van der Waals surface area contributed by atoms with Crippen LogP contribution in [-0.4, -0.2) is 53.2 Å². The van der Waals surface area contributed by atoms with E-state index in [4.69, 9.17) is 8.37 Å². The van der Waals surface area contributed by atoms with E-state index in [1.54, 1.807) is 12.3 Å². The van der Waals surface area contributed by atoms with Gasteiger partial charge >= 0.3 is 16.3 Å². The minimum Gasteiger partial charge on any atom is -0.385 e. The van der Waals surface area contributed by atoms with Crippen molar-refractivity contribution in [2.75, 3.05) is 28.2 Å². The summed E-state index contributed by atoms with van der Waals surface area (Å²) in [6.45, 7) is 0.533. The summed E-state index contributed by atoms with van der Waals surface area (Å²) < 4.78 is 62.7. The molecule has 13 nitrogen and oxygen atoms in total. The smallest absolute Gasteiger partial charge is 0.385 e. The molecular weight excluding hydrogens is 554 g/mol. The third-order valence-electron chi connectivity index (χ3n) is 7.50. The lowest BCUT2D eigenvalue weighted by Gasteiger charge is -2.44. The highest BCUT2D eigenvalue weighted by molar-refractivity contribution is 7.82. The number of benzene rings is 1. The molecule has 40 heavy (non-hydrogen) atoms. The largest absolute Gasteiger partial charge is 0.408 e. The number of aromatic nitrogens is 3. The number of nitrogens with zero attached hydrogens (tertiary/aromatic N) is 5. The summed E-state index contributed by atoms with van der Waals surface area (Å²) in [5.41, 5.74) is -1.40. The molecule has 0 amide bonds. The van der Waals surface area contributed by atoms with E-state index in [1.165, 1.54) is 16.8 Å². The van der Waals surface area contributed by atoms with Gasteiger partial charge in [-0.25, -0.2) is 18.3 Å². The standard InChI is InChI=1S/C24H20F2N6O7S/c25-12-3-4-14(26)13(10-12)16-2-1-7-30(16)18-6-9-32-23(29-18)15(11-27-32)28-19-20(22(35)21(19)34)31-8-5-17(33)24(31)38-40(36,37)39-24/h3-4,6,9-11,16-17,28,33H,1-2,5,7-8H2/t16-,17+/m1/s1. The van der Waals surface area contributed by atoms with Gasteiger partial charge in [0, 0.05) is 24.8 Å². The lowest BCUT2D eigenvalue weighted by Crippen LogP contribution is -2.66. The van der Waals surface area contributed by atoms with Crippen LogP contribution in [0.1, 0.15) is 30.9 Å².